The van der Waals surface area contributed by atoms with Crippen molar-refractivity contribution < 1.29 is 8.42 Å². The summed E-state index contributed by atoms with van der Waals surface area (Å²) in [5.74, 6) is 0.124. The zero-order chi connectivity index (χ0) is 13.1. The van der Waals surface area contributed by atoms with Gasteiger partial charge in [0.1, 0.15) is 0 Å². The fourth-order valence-corrected chi connectivity index (χ4v) is 3.78. The summed E-state index contributed by atoms with van der Waals surface area (Å²) in [6, 6.07) is 9.65. The molecule has 0 heterocycles. The van der Waals surface area contributed by atoms with Crippen LogP contribution in [-0.4, -0.2) is 26.3 Å². The number of sulfonamides is 1. The van der Waals surface area contributed by atoms with E-state index in [1.165, 1.54) is 0 Å². The fourth-order valence-electron chi connectivity index (χ4n) is 2.23. The summed E-state index contributed by atoms with van der Waals surface area (Å²) in [4.78, 5) is 0. The molecule has 0 aromatic heterocycles. The maximum absolute atomic E-state index is 12.0. The fraction of sp³-hybridized carbons (Fsp3) is 0.538. The first-order valence-electron chi connectivity index (χ1n) is 6.31. The Bertz CT molecular complexity index is 475. The van der Waals surface area contributed by atoms with Crippen molar-refractivity contribution in [1.82, 2.24) is 4.72 Å². The monoisotopic (exact) mass is 268 g/mol. The predicted octanol–water partition coefficient (Wildman–Crippen LogP) is 1.03. The molecule has 1 aromatic carbocycles. The van der Waals surface area contributed by atoms with Crippen LogP contribution in [0.25, 0.3) is 0 Å². The Kier molecular flexibility index (Phi) is 4.04. The molecule has 5 heteroatoms. The van der Waals surface area contributed by atoms with Gasteiger partial charge in [0, 0.05) is 12.1 Å². The van der Waals surface area contributed by atoms with Gasteiger partial charge in [0.2, 0.25) is 10.0 Å². The van der Waals surface area contributed by atoms with Gasteiger partial charge in [-0.2, -0.15) is 0 Å². The van der Waals surface area contributed by atoms with Crippen molar-refractivity contribution in [3.63, 3.8) is 0 Å². The van der Waals surface area contributed by atoms with E-state index in [1.54, 1.807) is 0 Å². The molecule has 0 amide bonds. The van der Waals surface area contributed by atoms with Crippen LogP contribution in [0, 0.1) is 0 Å². The van der Waals surface area contributed by atoms with Gasteiger partial charge in [0.15, 0.2) is 0 Å². The molecule has 3 N–H and O–H groups in total. The van der Waals surface area contributed by atoms with Crippen molar-refractivity contribution in [3.05, 3.63) is 35.9 Å². The van der Waals surface area contributed by atoms with Crippen molar-refractivity contribution in [2.75, 3.05) is 12.3 Å². The molecule has 0 radical (unpaired) electrons. The highest BCUT2D eigenvalue weighted by Crippen LogP contribution is 2.31. The summed E-state index contributed by atoms with van der Waals surface area (Å²) in [5, 5.41) is 0. The molecular formula is C13H20N2O2S. The van der Waals surface area contributed by atoms with Crippen molar-refractivity contribution in [2.24, 2.45) is 5.73 Å². The second-order valence-corrected chi connectivity index (χ2v) is 6.84. The van der Waals surface area contributed by atoms with E-state index >= 15 is 0 Å². The molecule has 100 valence electrons. The minimum absolute atomic E-state index is 0.124. The van der Waals surface area contributed by atoms with E-state index in [-0.39, 0.29) is 11.3 Å². The first-order chi connectivity index (χ1) is 8.55. The van der Waals surface area contributed by atoms with Gasteiger partial charge >= 0.3 is 0 Å². The largest absolute Gasteiger partial charge is 0.329 e. The van der Waals surface area contributed by atoms with Crippen LogP contribution >= 0.6 is 0 Å². The predicted molar refractivity (Wildman–Crippen MR) is 72.7 cm³/mol. The van der Waals surface area contributed by atoms with Crippen LogP contribution in [0.2, 0.25) is 0 Å². The number of hydrogen-bond acceptors (Lipinski definition) is 3. The molecule has 18 heavy (non-hydrogen) atoms. The Morgan fingerprint density at radius 2 is 1.89 bits per heavy atom. The van der Waals surface area contributed by atoms with E-state index in [0.717, 1.165) is 24.8 Å². The van der Waals surface area contributed by atoms with Crippen molar-refractivity contribution in [2.45, 2.75) is 31.2 Å². The minimum Gasteiger partial charge on any atom is -0.329 e. The molecule has 1 saturated carbocycles. The lowest BCUT2D eigenvalue weighted by molar-refractivity contribution is 0.230. The second kappa shape index (κ2) is 5.38. The molecule has 2 rings (SSSR count). The first-order valence-corrected chi connectivity index (χ1v) is 7.96. The number of rotatable bonds is 6. The summed E-state index contributed by atoms with van der Waals surface area (Å²) >= 11 is 0. The zero-order valence-electron chi connectivity index (χ0n) is 10.4. The van der Waals surface area contributed by atoms with Gasteiger partial charge in [-0.3, -0.25) is 0 Å². The van der Waals surface area contributed by atoms with Gasteiger partial charge in [-0.25, -0.2) is 13.1 Å². The van der Waals surface area contributed by atoms with Crippen molar-refractivity contribution in [3.8, 4) is 0 Å². The minimum atomic E-state index is -3.24. The van der Waals surface area contributed by atoms with Crippen LogP contribution in [0.3, 0.4) is 0 Å². The quantitative estimate of drug-likeness (QED) is 0.809. The van der Waals surface area contributed by atoms with E-state index in [9.17, 15) is 8.42 Å². The number of aryl methyl sites for hydroxylation is 1. The molecule has 0 atom stereocenters. The molecule has 0 saturated heterocycles. The highest BCUT2D eigenvalue weighted by molar-refractivity contribution is 7.89. The third-order valence-electron chi connectivity index (χ3n) is 3.58. The Morgan fingerprint density at radius 3 is 2.39 bits per heavy atom. The van der Waals surface area contributed by atoms with Gasteiger partial charge in [0.25, 0.3) is 0 Å². The van der Waals surface area contributed by atoms with Crippen LogP contribution in [0.5, 0.6) is 0 Å². The molecule has 4 nitrogen and oxygen atoms in total. The van der Waals surface area contributed by atoms with Crippen LogP contribution < -0.4 is 10.5 Å². The number of hydrogen-bond donors (Lipinski definition) is 2. The molecule has 1 fully saturated rings. The third-order valence-corrected chi connectivity index (χ3v) is 5.06. The van der Waals surface area contributed by atoms with E-state index in [2.05, 4.69) is 4.72 Å². The maximum atomic E-state index is 12.0. The lowest BCUT2D eigenvalue weighted by Crippen LogP contribution is -2.58. The van der Waals surface area contributed by atoms with E-state index in [4.69, 9.17) is 5.73 Å². The summed E-state index contributed by atoms with van der Waals surface area (Å²) in [6.07, 6.45) is 3.30. The zero-order valence-corrected chi connectivity index (χ0v) is 11.2. The van der Waals surface area contributed by atoms with Crippen LogP contribution in [-0.2, 0) is 16.4 Å². The lowest BCUT2D eigenvalue weighted by atomic mass is 9.78. The van der Waals surface area contributed by atoms with Gasteiger partial charge in [-0.1, -0.05) is 30.3 Å². The van der Waals surface area contributed by atoms with Gasteiger partial charge in [0.05, 0.1) is 5.75 Å². The highest BCUT2D eigenvalue weighted by Gasteiger charge is 2.38. The summed E-state index contributed by atoms with van der Waals surface area (Å²) in [6.45, 7) is 0.386. The molecule has 1 aromatic rings. The average Bonchev–Trinajstić information content (AvgIpc) is 2.33. The van der Waals surface area contributed by atoms with Crippen molar-refractivity contribution >= 4 is 10.0 Å². The van der Waals surface area contributed by atoms with Gasteiger partial charge < -0.3 is 5.73 Å². The van der Waals surface area contributed by atoms with E-state index in [0.29, 0.717) is 13.0 Å². The molecule has 0 unspecified atom stereocenters. The topological polar surface area (TPSA) is 72.2 Å². The summed E-state index contributed by atoms with van der Waals surface area (Å²) < 4.78 is 26.8. The molecular weight excluding hydrogens is 248 g/mol. The van der Waals surface area contributed by atoms with Crippen molar-refractivity contribution in [1.29, 1.82) is 0 Å². The van der Waals surface area contributed by atoms with Crippen LogP contribution in [0.1, 0.15) is 24.8 Å². The molecule has 0 aliphatic heterocycles. The Morgan fingerprint density at radius 1 is 1.22 bits per heavy atom. The summed E-state index contributed by atoms with van der Waals surface area (Å²) in [7, 11) is -3.24. The Hall–Kier alpha value is -0.910. The molecule has 0 spiro atoms. The molecule has 1 aliphatic carbocycles. The van der Waals surface area contributed by atoms with E-state index in [1.807, 2.05) is 30.3 Å². The number of nitrogens with one attached hydrogen (secondary N) is 1. The summed E-state index contributed by atoms with van der Waals surface area (Å²) in [5.41, 5.74) is 6.33. The SMILES string of the molecule is NCC1(NS(=O)(=O)CCc2ccccc2)CCC1. The normalized spacial score (nSPS) is 18.3. The van der Waals surface area contributed by atoms with Crippen LogP contribution in [0.15, 0.2) is 30.3 Å². The Balaban J connectivity index is 1.92. The Labute approximate surface area is 109 Å². The average molecular weight is 268 g/mol. The van der Waals surface area contributed by atoms with Gasteiger partial charge in [-0.05, 0) is 31.2 Å². The standard InChI is InChI=1S/C13H20N2O2S/c14-11-13(8-4-9-13)15-18(16,17)10-7-12-5-2-1-3-6-12/h1-3,5-6,15H,4,7-11,14H2. The maximum Gasteiger partial charge on any atom is 0.212 e. The van der Waals surface area contributed by atoms with E-state index < -0.39 is 10.0 Å². The lowest BCUT2D eigenvalue weighted by Gasteiger charge is -2.41. The van der Waals surface area contributed by atoms with Gasteiger partial charge in [-0.15, -0.1) is 0 Å². The van der Waals surface area contributed by atoms with Crippen LogP contribution in [0.4, 0.5) is 0 Å². The number of benzene rings is 1. The first kappa shape index (κ1) is 13.5. The molecule has 1 aliphatic rings. The number of nitrogens with two attached hydrogens (primary N) is 1. The second-order valence-electron chi connectivity index (χ2n) is 4.99. The smallest absolute Gasteiger partial charge is 0.212 e. The third kappa shape index (κ3) is 3.31. The highest BCUT2D eigenvalue weighted by atomic mass is 32.2. The molecule has 0 bridgehead atoms.